The Hall–Kier alpha value is -2.74. The molecule has 1 aromatic carbocycles. The van der Waals surface area contributed by atoms with Crippen LogP contribution in [-0.2, 0) is 0 Å². The number of amides is 2. The highest BCUT2D eigenvalue weighted by atomic mass is 19.1. The molecule has 8 heteroatoms. The first-order chi connectivity index (χ1) is 11.9. The number of carbonyl (C=O) groups excluding carboxylic acids is 1. The fraction of sp³-hybridized carbons (Fsp3) is 0.353. The van der Waals surface area contributed by atoms with Crippen molar-refractivity contribution in [2.45, 2.75) is 32.4 Å². The second kappa shape index (κ2) is 7.02. The van der Waals surface area contributed by atoms with Crippen LogP contribution in [0.25, 0.3) is 5.69 Å². The Bertz CT molecular complexity index is 819. The van der Waals surface area contributed by atoms with Crippen LogP contribution in [0.5, 0.6) is 0 Å². The average molecular weight is 345 g/mol. The van der Waals surface area contributed by atoms with Gasteiger partial charge in [0.1, 0.15) is 11.5 Å². The molecule has 2 aromatic rings. The molecular weight excluding hydrogens is 325 g/mol. The smallest absolute Gasteiger partial charge is 0.331 e. The highest BCUT2D eigenvalue weighted by Crippen LogP contribution is 2.19. The van der Waals surface area contributed by atoms with Crippen LogP contribution in [0.15, 0.2) is 41.3 Å². The zero-order valence-electron chi connectivity index (χ0n) is 14.1. The van der Waals surface area contributed by atoms with Gasteiger partial charge in [-0.15, -0.1) is 0 Å². The molecule has 0 saturated carbocycles. The number of carbonyl (C=O) groups is 1. The van der Waals surface area contributed by atoms with E-state index in [4.69, 9.17) is 0 Å². The molecule has 7 nitrogen and oxygen atoms in total. The Morgan fingerprint density at radius 2 is 2.04 bits per heavy atom. The number of aromatic nitrogens is 2. The summed E-state index contributed by atoms with van der Waals surface area (Å²) in [6.45, 7) is 4.24. The molecular formula is C17H20FN5O2. The van der Waals surface area contributed by atoms with E-state index in [1.165, 1.54) is 34.1 Å². The van der Waals surface area contributed by atoms with Gasteiger partial charge in [-0.1, -0.05) is 0 Å². The molecule has 1 aliphatic heterocycles. The molecule has 0 bridgehead atoms. The van der Waals surface area contributed by atoms with Crippen LogP contribution in [-0.4, -0.2) is 33.4 Å². The zero-order valence-corrected chi connectivity index (χ0v) is 14.1. The van der Waals surface area contributed by atoms with Crippen LogP contribution in [0.1, 0.15) is 32.0 Å². The molecule has 0 aliphatic carbocycles. The summed E-state index contributed by atoms with van der Waals surface area (Å²) in [7, 11) is 0. The lowest BCUT2D eigenvalue weighted by atomic mass is 10.1. The van der Waals surface area contributed by atoms with Gasteiger partial charge >= 0.3 is 6.03 Å². The van der Waals surface area contributed by atoms with Crippen LogP contribution in [0, 0.1) is 5.82 Å². The van der Waals surface area contributed by atoms with Gasteiger partial charge in [-0.3, -0.25) is 9.80 Å². The Morgan fingerprint density at radius 1 is 1.32 bits per heavy atom. The molecule has 1 unspecified atom stereocenters. The van der Waals surface area contributed by atoms with Gasteiger partial charge in [-0.05, 0) is 44.5 Å². The minimum Gasteiger partial charge on any atom is -0.335 e. The first-order valence-electron chi connectivity index (χ1n) is 8.14. The van der Waals surface area contributed by atoms with Crippen molar-refractivity contribution in [3.63, 3.8) is 0 Å². The molecule has 1 aromatic heterocycles. The van der Waals surface area contributed by atoms with Crippen molar-refractivity contribution in [2.75, 3.05) is 6.54 Å². The molecule has 1 atom stereocenters. The highest BCUT2D eigenvalue weighted by Gasteiger charge is 2.29. The number of hydrogen-bond donors (Lipinski definition) is 2. The molecule has 25 heavy (non-hydrogen) atoms. The van der Waals surface area contributed by atoms with Crippen LogP contribution in [0.4, 0.5) is 9.18 Å². The predicted octanol–water partition coefficient (Wildman–Crippen LogP) is 1.74. The Kier molecular flexibility index (Phi) is 4.80. The molecule has 3 rings (SSSR count). The van der Waals surface area contributed by atoms with E-state index in [9.17, 15) is 14.0 Å². The van der Waals surface area contributed by atoms with Gasteiger partial charge in [0, 0.05) is 24.8 Å². The third-order valence-electron chi connectivity index (χ3n) is 3.87. The van der Waals surface area contributed by atoms with E-state index in [1.54, 1.807) is 12.1 Å². The maximum absolute atomic E-state index is 13.1. The lowest BCUT2D eigenvalue weighted by Crippen LogP contribution is -2.47. The Morgan fingerprint density at radius 3 is 2.72 bits per heavy atom. The van der Waals surface area contributed by atoms with Crippen LogP contribution < -0.4 is 16.2 Å². The molecule has 132 valence electrons. The number of rotatable bonds is 3. The molecule has 2 heterocycles. The summed E-state index contributed by atoms with van der Waals surface area (Å²) in [5, 5.41) is 8.63. The summed E-state index contributed by atoms with van der Waals surface area (Å²) >= 11 is 0. The van der Waals surface area contributed by atoms with Crippen molar-refractivity contribution in [3.05, 3.63) is 58.3 Å². The number of benzene rings is 1. The molecule has 2 N–H and O–H groups in total. The highest BCUT2D eigenvalue weighted by molar-refractivity contribution is 5.74. The van der Waals surface area contributed by atoms with E-state index in [0.29, 0.717) is 24.3 Å². The predicted molar refractivity (Wildman–Crippen MR) is 90.7 cm³/mol. The van der Waals surface area contributed by atoms with Crippen LogP contribution in [0.2, 0.25) is 0 Å². The van der Waals surface area contributed by atoms with Crippen molar-refractivity contribution in [3.8, 4) is 5.69 Å². The number of hydrazine groups is 1. The standard InChI is InChI=1S/C17H20FN5O2/c1-11(2)19-17(25)23-9-7-14(20-23)16-15(24)8-10-22(21-16)13-5-3-12(18)4-6-13/h3-6,8,10-11,14,20H,7,9H2,1-2H3,(H,19,25). The summed E-state index contributed by atoms with van der Waals surface area (Å²) < 4.78 is 14.6. The summed E-state index contributed by atoms with van der Waals surface area (Å²) in [6, 6.07) is 6.71. The second-order valence-electron chi connectivity index (χ2n) is 6.21. The van der Waals surface area contributed by atoms with E-state index >= 15 is 0 Å². The quantitative estimate of drug-likeness (QED) is 0.888. The van der Waals surface area contributed by atoms with Gasteiger partial charge in [-0.25, -0.2) is 19.3 Å². The summed E-state index contributed by atoms with van der Waals surface area (Å²) in [5.74, 6) is -0.339. The van der Waals surface area contributed by atoms with Crippen LogP contribution in [0.3, 0.4) is 0 Å². The number of nitrogens with one attached hydrogen (secondary N) is 2. The van der Waals surface area contributed by atoms with Gasteiger partial charge in [0.25, 0.3) is 0 Å². The van der Waals surface area contributed by atoms with E-state index in [1.807, 2.05) is 13.8 Å². The molecule has 0 spiro atoms. The molecule has 1 saturated heterocycles. The number of nitrogens with zero attached hydrogens (tertiary/aromatic N) is 3. The van der Waals surface area contributed by atoms with Crippen molar-refractivity contribution in [2.24, 2.45) is 0 Å². The number of hydrogen-bond acceptors (Lipinski definition) is 4. The van der Waals surface area contributed by atoms with Crippen LogP contribution >= 0.6 is 0 Å². The third-order valence-corrected chi connectivity index (χ3v) is 3.87. The van der Waals surface area contributed by atoms with Crippen molar-refractivity contribution >= 4 is 6.03 Å². The molecule has 1 aliphatic rings. The fourth-order valence-electron chi connectivity index (χ4n) is 2.66. The topological polar surface area (TPSA) is 79.3 Å². The summed E-state index contributed by atoms with van der Waals surface area (Å²) in [6.07, 6.45) is 2.12. The van der Waals surface area contributed by atoms with Gasteiger partial charge < -0.3 is 5.32 Å². The lowest BCUT2D eigenvalue weighted by Gasteiger charge is -2.20. The lowest BCUT2D eigenvalue weighted by molar-refractivity contribution is 0.184. The third kappa shape index (κ3) is 3.85. The zero-order chi connectivity index (χ0) is 18.0. The Labute approximate surface area is 144 Å². The first-order valence-corrected chi connectivity index (χ1v) is 8.14. The molecule has 0 radical (unpaired) electrons. The number of halogens is 1. The Balaban J connectivity index is 1.81. The first kappa shape index (κ1) is 17.1. The molecule has 2 amide bonds. The van der Waals surface area contributed by atoms with E-state index in [0.717, 1.165) is 0 Å². The monoisotopic (exact) mass is 345 g/mol. The molecule has 1 fully saturated rings. The second-order valence-corrected chi connectivity index (χ2v) is 6.21. The van der Waals surface area contributed by atoms with Crippen molar-refractivity contribution in [1.82, 2.24) is 25.5 Å². The minimum atomic E-state index is -0.349. The van der Waals surface area contributed by atoms with E-state index in [-0.39, 0.29) is 29.4 Å². The normalized spacial score (nSPS) is 17.1. The van der Waals surface area contributed by atoms with Crippen molar-refractivity contribution in [1.29, 1.82) is 0 Å². The SMILES string of the molecule is CC(C)NC(=O)N1CCC(c2nn(-c3ccc(F)cc3)ccc2=O)N1. The van der Waals surface area contributed by atoms with Gasteiger partial charge in [-0.2, -0.15) is 5.10 Å². The van der Waals surface area contributed by atoms with Gasteiger partial charge in [0.05, 0.1) is 11.7 Å². The summed E-state index contributed by atoms with van der Waals surface area (Å²) in [5.41, 5.74) is 3.79. The maximum atomic E-state index is 13.1. The minimum absolute atomic E-state index is 0.0268. The fourth-order valence-corrected chi connectivity index (χ4v) is 2.66. The van der Waals surface area contributed by atoms with Crippen molar-refractivity contribution < 1.29 is 9.18 Å². The number of urea groups is 1. The maximum Gasteiger partial charge on any atom is 0.331 e. The largest absolute Gasteiger partial charge is 0.335 e. The van der Waals surface area contributed by atoms with Gasteiger partial charge in [0.2, 0.25) is 5.43 Å². The van der Waals surface area contributed by atoms with E-state index in [2.05, 4.69) is 15.8 Å². The van der Waals surface area contributed by atoms with E-state index < -0.39 is 0 Å². The van der Waals surface area contributed by atoms with Gasteiger partial charge in [0.15, 0.2) is 0 Å². The summed E-state index contributed by atoms with van der Waals surface area (Å²) in [4.78, 5) is 24.3. The average Bonchev–Trinajstić information content (AvgIpc) is 3.05.